The Morgan fingerprint density at radius 3 is 2.77 bits per heavy atom. The number of rotatable bonds is 3. The van der Waals surface area contributed by atoms with Crippen LogP contribution in [0.5, 0.6) is 11.5 Å². The van der Waals surface area contributed by atoms with Gasteiger partial charge in [-0.3, -0.25) is 10.1 Å². The van der Waals surface area contributed by atoms with Crippen molar-refractivity contribution in [3.63, 3.8) is 0 Å². The molecular weight excluding hydrogens is 334 g/mol. The Hall–Kier alpha value is -3.35. The first-order chi connectivity index (χ1) is 12.6. The summed E-state index contributed by atoms with van der Waals surface area (Å²) in [5.41, 5.74) is 2.93. The first-order valence-electron chi connectivity index (χ1n) is 8.20. The molecule has 0 fully saturated rings. The molecule has 1 N–H and O–H groups in total. The smallest absolute Gasteiger partial charge is 0.322 e. The molecule has 1 amide bonds. The summed E-state index contributed by atoms with van der Waals surface area (Å²) in [5, 5.41) is 10.5. The number of hydrogen-bond donors (Lipinski definition) is 1. The molecule has 0 saturated carbocycles. The fourth-order valence-corrected chi connectivity index (χ4v) is 2.68. The van der Waals surface area contributed by atoms with Gasteiger partial charge in [0.1, 0.15) is 6.61 Å². The van der Waals surface area contributed by atoms with Crippen molar-refractivity contribution in [1.29, 1.82) is 0 Å². The Morgan fingerprint density at radius 2 is 1.92 bits per heavy atom. The zero-order valence-corrected chi connectivity index (χ0v) is 14.4. The highest BCUT2D eigenvalue weighted by Crippen LogP contribution is 2.31. The zero-order valence-electron chi connectivity index (χ0n) is 14.4. The summed E-state index contributed by atoms with van der Waals surface area (Å²) in [6.45, 7) is 4.06. The van der Waals surface area contributed by atoms with E-state index in [1.165, 1.54) is 0 Å². The van der Waals surface area contributed by atoms with Crippen LogP contribution in [0.2, 0.25) is 0 Å². The largest absolute Gasteiger partial charge is 0.485 e. The molecule has 26 heavy (non-hydrogen) atoms. The highest BCUT2D eigenvalue weighted by atomic mass is 16.6. The van der Waals surface area contributed by atoms with Crippen molar-refractivity contribution in [3.05, 3.63) is 53.6 Å². The average Bonchev–Trinajstić information content (AvgIpc) is 3.11. The van der Waals surface area contributed by atoms with E-state index in [1.54, 1.807) is 12.1 Å². The molecule has 0 saturated heterocycles. The molecule has 7 heteroatoms. The van der Waals surface area contributed by atoms with Gasteiger partial charge >= 0.3 is 6.01 Å². The second-order valence-corrected chi connectivity index (χ2v) is 6.08. The van der Waals surface area contributed by atoms with Gasteiger partial charge in [0.15, 0.2) is 11.5 Å². The maximum atomic E-state index is 12.4. The van der Waals surface area contributed by atoms with Crippen LogP contribution in [0, 0.1) is 13.8 Å². The number of nitrogens with zero attached hydrogens (tertiary/aromatic N) is 2. The molecule has 0 unspecified atom stereocenters. The first-order valence-corrected chi connectivity index (χ1v) is 8.20. The second-order valence-electron chi connectivity index (χ2n) is 6.08. The van der Waals surface area contributed by atoms with Gasteiger partial charge in [-0.1, -0.05) is 34.9 Å². The quantitative estimate of drug-likeness (QED) is 0.780. The van der Waals surface area contributed by atoms with E-state index in [0.717, 1.165) is 16.7 Å². The molecule has 0 aliphatic carbocycles. The number of benzene rings is 2. The Kier molecular flexibility index (Phi) is 4.04. The van der Waals surface area contributed by atoms with Gasteiger partial charge in [-0.25, -0.2) is 0 Å². The minimum atomic E-state index is -0.791. The maximum absolute atomic E-state index is 12.4. The van der Waals surface area contributed by atoms with E-state index in [4.69, 9.17) is 13.9 Å². The third kappa shape index (κ3) is 3.11. The van der Waals surface area contributed by atoms with Gasteiger partial charge in [-0.05, 0) is 37.6 Å². The summed E-state index contributed by atoms with van der Waals surface area (Å²) in [6, 6.07) is 13.2. The Labute approximate surface area is 150 Å². The third-order valence-electron chi connectivity index (χ3n) is 4.08. The number of aromatic nitrogens is 2. The van der Waals surface area contributed by atoms with Crippen molar-refractivity contribution < 1.29 is 18.7 Å². The van der Waals surface area contributed by atoms with Gasteiger partial charge in [0.05, 0.1) is 0 Å². The van der Waals surface area contributed by atoms with Crippen LogP contribution in [-0.4, -0.2) is 28.8 Å². The van der Waals surface area contributed by atoms with Crippen LogP contribution in [0.1, 0.15) is 11.1 Å². The van der Waals surface area contributed by atoms with Crippen LogP contribution < -0.4 is 14.8 Å². The predicted octanol–water partition coefficient (Wildman–Crippen LogP) is 3.13. The molecule has 132 valence electrons. The van der Waals surface area contributed by atoms with Gasteiger partial charge in [-0.2, -0.15) is 0 Å². The van der Waals surface area contributed by atoms with Crippen LogP contribution in [0.15, 0.2) is 46.9 Å². The lowest BCUT2D eigenvalue weighted by Gasteiger charge is -2.24. The molecule has 1 aliphatic heterocycles. The third-order valence-corrected chi connectivity index (χ3v) is 4.08. The lowest BCUT2D eigenvalue weighted by atomic mass is 10.1. The molecule has 1 atom stereocenters. The van der Waals surface area contributed by atoms with Crippen LogP contribution in [0.25, 0.3) is 11.5 Å². The summed E-state index contributed by atoms with van der Waals surface area (Å²) in [6.07, 6.45) is -0.791. The molecule has 4 rings (SSSR count). The number of amides is 1. The topological polar surface area (TPSA) is 86.5 Å². The molecule has 0 bridgehead atoms. The fourth-order valence-electron chi connectivity index (χ4n) is 2.68. The monoisotopic (exact) mass is 351 g/mol. The average molecular weight is 351 g/mol. The minimum Gasteiger partial charge on any atom is -0.485 e. The van der Waals surface area contributed by atoms with Crippen molar-refractivity contribution >= 4 is 11.9 Å². The van der Waals surface area contributed by atoms with Crippen LogP contribution >= 0.6 is 0 Å². The van der Waals surface area contributed by atoms with E-state index in [-0.39, 0.29) is 12.6 Å². The van der Waals surface area contributed by atoms with Crippen LogP contribution in [-0.2, 0) is 4.79 Å². The van der Waals surface area contributed by atoms with Crippen molar-refractivity contribution in [2.45, 2.75) is 20.0 Å². The van der Waals surface area contributed by atoms with E-state index in [0.29, 0.717) is 17.4 Å². The van der Waals surface area contributed by atoms with E-state index in [2.05, 4.69) is 15.5 Å². The first kappa shape index (κ1) is 16.1. The number of anilines is 1. The fraction of sp³-hybridized carbons (Fsp3) is 0.211. The number of hydrogen-bond acceptors (Lipinski definition) is 6. The molecule has 0 spiro atoms. The standard InChI is InChI=1S/C19H17N3O4/c1-11-7-8-12(2)13(9-11)18-21-22-19(26-18)20-17(23)16-10-24-14-5-3-4-6-15(14)25-16/h3-9,16H,10H2,1-2H3,(H,20,22,23)/t16-/m1/s1. The molecule has 3 aromatic rings. The van der Waals surface area contributed by atoms with E-state index < -0.39 is 12.0 Å². The highest BCUT2D eigenvalue weighted by Gasteiger charge is 2.28. The van der Waals surface area contributed by atoms with Gasteiger partial charge < -0.3 is 13.9 Å². The number of aryl methyl sites for hydroxylation is 2. The Bertz CT molecular complexity index is 967. The lowest BCUT2D eigenvalue weighted by molar-refractivity contribution is -0.125. The number of fused-ring (bicyclic) bond motifs is 1. The summed E-state index contributed by atoms with van der Waals surface area (Å²) in [7, 11) is 0. The van der Waals surface area contributed by atoms with Gasteiger partial charge in [0.2, 0.25) is 12.0 Å². The summed E-state index contributed by atoms with van der Waals surface area (Å²) in [4.78, 5) is 12.4. The van der Waals surface area contributed by atoms with Crippen molar-refractivity contribution in [3.8, 4) is 23.0 Å². The van der Waals surface area contributed by atoms with Gasteiger partial charge in [0.25, 0.3) is 5.91 Å². The summed E-state index contributed by atoms with van der Waals surface area (Å²) < 4.78 is 16.8. The second kappa shape index (κ2) is 6.51. The Morgan fingerprint density at radius 1 is 1.12 bits per heavy atom. The zero-order chi connectivity index (χ0) is 18.1. The summed E-state index contributed by atoms with van der Waals surface area (Å²) in [5.74, 6) is 1.09. The van der Waals surface area contributed by atoms with Gasteiger partial charge in [0, 0.05) is 5.56 Å². The molecular formula is C19H17N3O4. The normalized spacial score (nSPS) is 15.5. The van der Waals surface area contributed by atoms with Crippen LogP contribution in [0.4, 0.5) is 6.01 Å². The Balaban J connectivity index is 1.48. The molecule has 1 aliphatic rings. The SMILES string of the molecule is Cc1ccc(C)c(-c2nnc(NC(=O)[C@H]3COc4ccccc4O3)o2)c1. The number of ether oxygens (including phenoxy) is 2. The maximum Gasteiger partial charge on any atom is 0.322 e. The number of carbonyl (C=O) groups is 1. The minimum absolute atomic E-state index is 0.0216. The number of nitrogens with one attached hydrogen (secondary N) is 1. The molecule has 7 nitrogen and oxygen atoms in total. The number of carbonyl (C=O) groups excluding carboxylic acids is 1. The molecule has 1 aromatic heterocycles. The van der Waals surface area contributed by atoms with Gasteiger partial charge in [-0.15, -0.1) is 5.10 Å². The van der Waals surface area contributed by atoms with E-state index in [1.807, 2.05) is 44.2 Å². The summed E-state index contributed by atoms with van der Waals surface area (Å²) >= 11 is 0. The number of para-hydroxylation sites is 2. The molecule has 0 radical (unpaired) electrons. The van der Waals surface area contributed by atoms with Crippen molar-refractivity contribution in [1.82, 2.24) is 10.2 Å². The highest BCUT2D eigenvalue weighted by molar-refractivity contribution is 5.93. The van der Waals surface area contributed by atoms with Crippen molar-refractivity contribution in [2.24, 2.45) is 0 Å². The van der Waals surface area contributed by atoms with E-state index >= 15 is 0 Å². The van der Waals surface area contributed by atoms with Crippen molar-refractivity contribution in [2.75, 3.05) is 11.9 Å². The molecule has 2 heterocycles. The van der Waals surface area contributed by atoms with Crippen LogP contribution in [0.3, 0.4) is 0 Å². The van der Waals surface area contributed by atoms with E-state index in [9.17, 15) is 4.79 Å². The predicted molar refractivity (Wildman–Crippen MR) is 94.2 cm³/mol. The lowest BCUT2D eigenvalue weighted by Crippen LogP contribution is -2.40. The molecule has 2 aromatic carbocycles.